The molecule has 5 heteroatoms. The lowest BCUT2D eigenvalue weighted by Gasteiger charge is -2.57. The Kier molecular flexibility index (Phi) is 5.24. The van der Waals surface area contributed by atoms with Crippen LogP contribution in [0.3, 0.4) is 0 Å². The topological polar surface area (TPSA) is 66.8 Å². The van der Waals surface area contributed by atoms with E-state index in [2.05, 4.69) is 4.90 Å². The second-order valence-electron chi connectivity index (χ2n) is 10.4. The monoisotopic (exact) mass is 411 g/mol. The highest BCUT2D eigenvalue weighted by atomic mass is 16.5. The van der Waals surface area contributed by atoms with E-state index in [1.807, 2.05) is 0 Å². The van der Waals surface area contributed by atoms with E-state index in [1.54, 1.807) is 24.3 Å². The molecule has 1 amide bonds. The fourth-order valence-corrected chi connectivity index (χ4v) is 7.17. The van der Waals surface area contributed by atoms with E-state index in [9.17, 15) is 9.59 Å². The number of carbonyl (C=O) groups excluding carboxylic acids is 1. The maximum Gasteiger partial charge on any atom is 0.335 e. The van der Waals surface area contributed by atoms with Gasteiger partial charge in [0.2, 0.25) is 5.91 Å². The number of amides is 1. The van der Waals surface area contributed by atoms with Gasteiger partial charge in [-0.05, 0) is 106 Å². The van der Waals surface area contributed by atoms with E-state index in [-0.39, 0.29) is 11.0 Å². The molecule has 1 N–H and O–H groups in total. The van der Waals surface area contributed by atoms with Crippen LogP contribution in [0.2, 0.25) is 0 Å². The van der Waals surface area contributed by atoms with Crippen molar-refractivity contribution in [3.8, 4) is 5.75 Å². The van der Waals surface area contributed by atoms with Gasteiger partial charge in [-0.3, -0.25) is 4.79 Å². The highest BCUT2D eigenvalue weighted by Crippen LogP contribution is 2.60. The molecule has 0 radical (unpaired) electrons. The van der Waals surface area contributed by atoms with Crippen molar-refractivity contribution in [3.05, 3.63) is 29.8 Å². The third kappa shape index (κ3) is 3.83. The molecule has 5 nitrogen and oxygen atoms in total. The summed E-state index contributed by atoms with van der Waals surface area (Å²) < 4.78 is 5.81. The Morgan fingerprint density at radius 3 is 2.07 bits per heavy atom. The zero-order valence-electron chi connectivity index (χ0n) is 17.7. The minimum Gasteiger partial charge on any atom is -0.494 e. The molecular formula is C25H33NO4. The lowest BCUT2D eigenvalue weighted by molar-refractivity contribution is -0.159. The minimum absolute atomic E-state index is 0.00713. The number of hydrogen-bond donors (Lipinski definition) is 1. The fraction of sp³-hybridized carbons (Fsp3) is 0.680. The SMILES string of the molecule is O=C(O)c1ccc(OCCC2CCN(C(=O)C34CC5CC(CC(C5)C3)C4)CC2)cc1. The van der Waals surface area contributed by atoms with Crippen LogP contribution in [-0.4, -0.2) is 41.6 Å². The Bertz CT molecular complexity index is 759. The van der Waals surface area contributed by atoms with Gasteiger partial charge in [0.05, 0.1) is 17.6 Å². The minimum atomic E-state index is -0.920. The molecule has 1 heterocycles. The summed E-state index contributed by atoms with van der Waals surface area (Å²) in [7, 11) is 0. The van der Waals surface area contributed by atoms with Crippen LogP contribution < -0.4 is 4.74 Å². The number of piperidine rings is 1. The quantitative estimate of drug-likeness (QED) is 0.742. The van der Waals surface area contributed by atoms with Crippen molar-refractivity contribution in [2.45, 2.75) is 57.8 Å². The van der Waals surface area contributed by atoms with Gasteiger partial charge in [-0.25, -0.2) is 4.79 Å². The zero-order chi connectivity index (χ0) is 20.7. The first-order chi connectivity index (χ1) is 14.5. The molecule has 4 bridgehead atoms. The van der Waals surface area contributed by atoms with Gasteiger partial charge >= 0.3 is 5.97 Å². The second-order valence-corrected chi connectivity index (χ2v) is 10.4. The lowest BCUT2D eigenvalue weighted by Crippen LogP contribution is -2.55. The maximum atomic E-state index is 13.5. The largest absolute Gasteiger partial charge is 0.494 e. The van der Waals surface area contributed by atoms with Crippen LogP contribution in [0.1, 0.15) is 68.1 Å². The summed E-state index contributed by atoms with van der Waals surface area (Å²) in [6, 6.07) is 6.59. The van der Waals surface area contributed by atoms with Crippen molar-refractivity contribution >= 4 is 11.9 Å². The molecule has 6 rings (SSSR count). The van der Waals surface area contributed by atoms with Gasteiger partial charge in [-0.2, -0.15) is 0 Å². The fourth-order valence-electron chi connectivity index (χ4n) is 7.17. The number of ether oxygens (including phenoxy) is 1. The van der Waals surface area contributed by atoms with Gasteiger partial charge in [0.25, 0.3) is 0 Å². The molecule has 5 aliphatic rings. The molecule has 0 atom stereocenters. The zero-order valence-corrected chi connectivity index (χ0v) is 17.7. The van der Waals surface area contributed by atoms with E-state index in [4.69, 9.17) is 9.84 Å². The van der Waals surface area contributed by atoms with Crippen LogP contribution in [0, 0.1) is 29.1 Å². The van der Waals surface area contributed by atoms with Crippen LogP contribution in [0.25, 0.3) is 0 Å². The lowest BCUT2D eigenvalue weighted by atomic mass is 9.49. The van der Waals surface area contributed by atoms with E-state index in [0.717, 1.165) is 75.1 Å². The Morgan fingerprint density at radius 2 is 1.53 bits per heavy atom. The summed E-state index contributed by atoms with van der Waals surface area (Å²) in [4.78, 5) is 26.6. The molecule has 4 saturated carbocycles. The molecule has 162 valence electrons. The summed E-state index contributed by atoms with van der Waals surface area (Å²) in [6.07, 6.45) is 10.7. The summed E-state index contributed by atoms with van der Waals surface area (Å²) in [6.45, 7) is 2.44. The predicted molar refractivity (Wildman–Crippen MR) is 113 cm³/mol. The standard InChI is InChI=1S/C25H33NO4/c27-23(28)21-1-3-22(4-2-21)30-10-7-17-5-8-26(9-6-17)24(29)25-14-18-11-19(15-25)13-20(12-18)16-25/h1-4,17-20H,5-16H2,(H,27,28). The Balaban J connectivity index is 1.08. The van der Waals surface area contributed by atoms with E-state index in [1.165, 1.54) is 19.3 Å². The molecular weight excluding hydrogens is 378 g/mol. The third-order valence-electron chi connectivity index (χ3n) is 8.29. The highest BCUT2D eigenvalue weighted by molar-refractivity contribution is 5.87. The summed E-state index contributed by atoms with van der Waals surface area (Å²) in [5.74, 6) is 3.34. The van der Waals surface area contributed by atoms with Gasteiger partial charge in [0.1, 0.15) is 5.75 Å². The molecule has 30 heavy (non-hydrogen) atoms. The summed E-state index contributed by atoms with van der Waals surface area (Å²) >= 11 is 0. The number of nitrogens with zero attached hydrogens (tertiary/aromatic N) is 1. The molecule has 0 unspecified atom stereocenters. The first kappa shape index (κ1) is 19.9. The number of likely N-dealkylation sites (tertiary alicyclic amines) is 1. The van der Waals surface area contributed by atoms with Gasteiger partial charge in [-0.15, -0.1) is 0 Å². The van der Waals surface area contributed by atoms with E-state index in [0.29, 0.717) is 18.4 Å². The van der Waals surface area contributed by atoms with Gasteiger partial charge in [0.15, 0.2) is 0 Å². The van der Waals surface area contributed by atoms with Crippen molar-refractivity contribution in [1.29, 1.82) is 0 Å². The average Bonchev–Trinajstić information content (AvgIpc) is 2.73. The Labute approximate surface area is 178 Å². The average molecular weight is 412 g/mol. The Hall–Kier alpha value is -2.04. The first-order valence-corrected chi connectivity index (χ1v) is 11.8. The number of carboxylic acids is 1. The molecule has 1 aromatic rings. The van der Waals surface area contributed by atoms with Gasteiger partial charge in [-0.1, -0.05) is 0 Å². The van der Waals surface area contributed by atoms with E-state index >= 15 is 0 Å². The van der Waals surface area contributed by atoms with Gasteiger partial charge in [0, 0.05) is 13.1 Å². The maximum absolute atomic E-state index is 13.5. The number of hydrogen-bond acceptors (Lipinski definition) is 3. The molecule has 4 aliphatic carbocycles. The van der Waals surface area contributed by atoms with Crippen LogP contribution in [0.15, 0.2) is 24.3 Å². The molecule has 0 aromatic heterocycles. The molecule has 5 fully saturated rings. The number of benzene rings is 1. The number of aromatic carboxylic acids is 1. The number of carbonyl (C=O) groups is 2. The summed E-state index contributed by atoms with van der Waals surface area (Å²) in [5.41, 5.74) is 0.269. The smallest absolute Gasteiger partial charge is 0.335 e. The normalized spacial score (nSPS) is 32.9. The molecule has 1 aromatic carbocycles. The summed E-state index contributed by atoms with van der Waals surface area (Å²) in [5, 5.41) is 8.96. The third-order valence-corrected chi connectivity index (χ3v) is 8.29. The molecule has 1 aliphatic heterocycles. The molecule has 0 spiro atoms. The second kappa shape index (κ2) is 7.90. The van der Waals surface area contributed by atoms with Crippen molar-refractivity contribution in [3.63, 3.8) is 0 Å². The molecule has 1 saturated heterocycles. The first-order valence-electron chi connectivity index (χ1n) is 11.8. The van der Waals surface area contributed by atoms with Crippen LogP contribution in [0.5, 0.6) is 5.75 Å². The van der Waals surface area contributed by atoms with Crippen LogP contribution >= 0.6 is 0 Å². The number of rotatable bonds is 6. The van der Waals surface area contributed by atoms with Crippen molar-refractivity contribution in [2.24, 2.45) is 29.1 Å². The van der Waals surface area contributed by atoms with Crippen molar-refractivity contribution < 1.29 is 19.4 Å². The van der Waals surface area contributed by atoms with Gasteiger partial charge < -0.3 is 14.7 Å². The van der Waals surface area contributed by atoms with Crippen LogP contribution in [-0.2, 0) is 4.79 Å². The van der Waals surface area contributed by atoms with Crippen LogP contribution in [0.4, 0.5) is 0 Å². The predicted octanol–water partition coefficient (Wildman–Crippen LogP) is 4.61. The van der Waals surface area contributed by atoms with Crippen molar-refractivity contribution in [2.75, 3.05) is 19.7 Å². The van der Waals surface area contributed by atoms with E-state index < -0.39 is 5.97 Å². The number of carboxylic acid groups (broad SMARTS) is 1. The van der Waals surface area contributed by atoms with Crippen molar-refractivity contribution in [1.82, 2.24) is 4.90 Å². The Morgan fingerprint density at radius 1 is 0.967 bits per heavy atom. The highest BCUT2D eigenvalue weighted by Gasteiger charge is 2.55.